The number of hydrogen-bond donors (Lipinski definition) is 2. The Labute approximate surface area is 177 Å². The van der Waals surface area contributed by atoms with Crippen molar-refractivity contribution in [3.63, 3.8) is 0 Å². The van der Waals surface area contributed by atoms with Crippen LogP contribution in [0.3, 0.4) is 0 Å². The minimum atomic E-state index is -0.490. The number of rotatable bonds is 6. The number of nitrogens with two attached hydrogens (primary N) is 1. The van der Waals surface area contributed by atoms with Gasteiger partial charge < -0.3 is 20.7 Å². The van der Waals surface area contributed by atoms with E-state index in [4.69, 9.17) is 33.7 Å². The lowest BCUT2D eigenvalue weighted by Gasteiger charge is -2.39. The molecule has 9 heteroatoms. The van der Waals surface area contributed by atoms with Gasteiger partial charge in [-0.2, -0.15) is 4.98 Å². The van der Waals surface area contributed by atoms with Gasteiger partial charge in [-0.15, -0.1) is 0 Å². The van der Waals surface area contributed by atoms with Crippen LogP contribution in [-0.4, -0.2) is 35.1 Å². The predicted octanol–water partition coefficient (Wildman–Crippen LogP) is 3.89. The highest BCUT2D eigenvalue weighted by Crippen LogP contribution is 2.30. The molecule has 1 fully saturated rings. The fourth-order valence-corrected chi connectivity index (χ4v) is 3.37. The Kier molecular flexibility index (Phi) is 5.42. The van der Waals surface area contributed by atoms with Crippen LogP contribution in [-0.2, 0) is 0 Å². The Bertz CT molecular complexity index is 1060. The van der Waals surface area contributed by atoms with Gasteiger partial charge in [-0.25, -0.2) is 4.98 Å². The highest BCUT2D eigenvalue weighted by molar-refractivity contribution is 6.35. The van der Waals surface area contributed by atoms with Crippen molar-refractivity contribution < 1.29 is 9.53 Å². The highest BCUT2D eigenvalue weighted by atomic mass is 35.5. The first-order chi connectivity index (χ1) is 14.0. The maximum absolute atomic E-state index is 11.3. The van der Waals surface area contributed by atoms with Crippen LogP contribution in [0.4, 0.5) is 17.5 Å². The molecule has 148 valence electrons. The van der Waals surface area contributed by atoms with Crippen molar-refractivity contribution in [1.29, 1.82) is 0 Å². The van der Waals surface area contributed by atoms with Crippen LogP contribution in [0.25, 0.3) is 0 Å². The molecule has 1 aliphatic heterocycles. The molecule has 7 nitrogen and oxygen atoms in total. The zero-order chi connectivity index (χ0) is 20.4. The second kappa shape index (κ2) is 8.14. The molecule has 3 N–H and O–H groups in total. The van der Waals surface area contributed by atoms with E-state index in [-0.39, 0.29) is 6.10 Å². The van der Waals surface area contributed by atoms with Crippen LogP contribution in [0.2, 0.25) is 10.0 Å². The van der Waals surface area contributed by atoms with Gasteiger partial charge in [-0.3, -0.25) is 4.79 Å². The van der Waals surface area contributed by atoms with Crippen LogP contribution >= 0.6 is 23.2 Å². The molecule has 1 saturated heterocycles. The highest BCUT2D eigenvalue weighted by Gasteiger charge is 2.30. The lowest BCUT2D eigenvalue weighted by Crippen LogP contribution is -2.54. The fraction of sp³-hybridized carbons (Fsp3) is 0.150. The molecular formula is C20H17Cl2N5O2. The van der Waals surface area contributed by atoms with Gasteiger partial charge in [0.05, 0.1) is 18.1 Å². The number of primary amides is 1. The fourth-order valence-electron chi connectivity index (χ4n) is 2.91. The summed E-state index contributed by atoms with van der Waals surface area (Å²) < 4.78 is 5.91. The molecule has 1 aromatic heterocycles. The van der Waals surface area contributed by atoms with Gasteiger partial charge in [-0.1, -0.05) is 29.3 Å². The number of anilines is 3. The predicted molar refractivity (Wildman–Crippen MR) is 113 cm³/mol. The topological polar surface area (TPSA) is 93.4 Å². The lowest BCUT2D eigenvalue weighted by molar-refractivity contribution is 0.100. The van der Waals surface area contributed by atoms with Gasteiger partial charge in [0, 0.05) is 22.5 Å². The van der Waals surface area contributed by atoms with Gasteiger partial charge in [0.15, 0.2) is 0 Å². The summed E-state index contributed by atoms with van der Waals surface area (Å²) >= 11 is 12.1. The summed E-state index contributed by atoms with van der Waals surface area (Å²) in [7, 11) is 0. The number of aromatic nitrogens is 2. The van der Waals surface area contributed by atoms with Gasteiger partial charge in [0.25, 0.3) is 0 Å². The third kappa shape index (κ3) is 4.52. The number of carbonyl (C=O) groups excluding carboxylic acids is 1. The number of nitrogens with zero attached hydrogens (tertiary/aromatic N) is 3. The third-order valence-electron chi connectivity index (χ3n) is 4.40. The van der Waals surface area contributed by atoms with Crippen LogP contribution in [0.15, 0.2) is 54.7 Å². The van der Waals surface area contributed by atoms with E-state index in [0.717, 1.165) is 5.82 Å². The van der Waals surface area contributed by atoms with E-state index in [1.165, 1.54) is 0 Å². The Morgan fingerprint density at radius 3 is 2.76 bits per heavy atom. The number of halogens is 2. The largest absolute Gasteiger partial charge is 0.485 e. The maximum Gasteiger partial charge on any atom is 0.248 e. The van der Waals surface area contributed by atoms with E-state index in [0.29, 0.717) is 46.1 Å². The number of carbonyl (C=O) groups is 1. The van der Waals surface area contributed by atoms with Crippen LogP contribution < -0.4 is 20.7 Å². The number of nitrogens with one attached hydrogen (secondary N) is 1. The normalized spacial score (nSPS) is 13.7. The molecule has 0 unspecified atom stereocenters. The molecule has 3 aromatic rings. The summed E-state index contributed by atoms with van der Waals surface area (Å²) in [6, 6.07) is 13.9. The molecular weight excluding hydrogens is 413 g/mol. The minimum absolute atomic E-state index is 0.00676. The molecule has 0 bridgehead atoms. The first-order valence-corrected chi connectivity index (χ1v) is 9.60. The van der Waals surface area contributed by atoms with Crippen LogP contribution in [0, 0.1) is 0 Å². The Hall–Kier alpha value is -3.03. The summed E-state index contributed by atoms with van der Waals surface area (Å²) in [5, 5.41) is 4.15. The van der Waals surface area contributed by atoms with Crippen molar-refractivity contribution in [2.24, 2.45) is 5.73 Å². The molecule has 1 amide bonds. The summed E-state index contributed by atoms with van der Waals surface area (Å²) in [6.07, 6.45) is 1.68. The SMILES string of the molecule is NC(=O)c1cccc(Nc2nccc(N3CC(Oc4ccc(Cl)cc4Cl)C3)n2)c1. The maximum atomic E-state index is 11.3. The zero-order valence-corrected chi connectivity index (χ0v) is 16.7. The molecule has 0 spiro atoms. The summed E-state index contributed by atoms with van der Waals surface area (Å²) in [4.78, 5) is 22.1. The van der Waals surface area contributed by atoms with E-state index < -0.39 is 5.91 Å². The van der Waals surface area contributed by atoms with Crippen molar-refractivity contribution in [2.75, 3.05) is 23.3 Å². The average molecular weight is 430 g/mol. The number of hydrogen-bond acceptors (Lipinski definition) is 6. The van der Waals surface area contributed by atoms with E-state index in [9.17, 15) is 4.79 Å². The molecule has 29 heavy (non-hydrogen) atoms. The Morgan fingerprint density at radius 2 is 2.00 bits per heavy atom. The van der Waals surface area contributed by atoms with Gasteiger partial charge in [0.2, 0.25) is 11.9 Å². The van der Waals surface area contributed by atoms with Crippen molar-refractivity contribution in [1.82, 2.24) is 9.97 Å². The van der Waals surface area contributed by atoms with E-state index in [1.807, 2.05) is 12.1 Å². The molecule has 0 radical (unpaired) electrons. The Balaban J connectivity index is 1.39. The number of amides is 1. The van der Waals surface area contributed by atoms with Crippen LogP contribution in [0.5, 0.6) is 5.75 Å². The summed E-state index contributed by atoms with van der Waals surface area (Å²) in [5.41, 5.74) is 6.41. The first-order valence-electron chi connectivity index (χ1n) is 8.84. The lowest BCUT2D eigenvalue weighted by atomic mass is 10.1. The van der Waals surface area contributed by atoms with Crippen molar-refractivity contribution >= 4 is 46.6 Å². The van der Waals surface area contributed by atoms with Gasteiger partial charge >= 0.3 is 0 Å². The molecule has 2 aromatic carbocycles. The standard InChI is InChI=1S/C20H17Cl2N5O2/c21-13-4-5-17(16(22)9-13)29-15-10-27(11-15)18-6-7-24-20(26-18)25-14-3-1-2-12(8-14)19(23)28/h1-9,15H,10-11H2,(H2,23,28)(H,24,25,26). The second-order valence-corrected chi connectivity index (χ2v) is 7.37. The minimum Gasteiger partial charge on any atom is -0.485 e. The van der Waals surface area contributed by atoms with Gasteiger partial charge in [-0.05, 0) is 42.5 Å². The quantitative estimate of drug-likeness (QED) is 0.617. The molecule has 0 atom stereocenters. The Morgan fingerprint density at radius 1 is 1.17 bits per heavy atom. The summed E-state index contributed by atoms with van der Waals surface area (Å²) in [5.74, 6) is 1.32. The molecule has 0 aliphatic carbocycles. The molecule has 0 saturated carbocycles. The van der Waals surface area contributed by atoms with Crippen molar-refractivity contribution in [2.45, 2.75) is 6.10 Å². The average Bonchev–Trinajstić information content (AvgIpc) is 2.66. The second-order valence-electron chi connectivity index (χ2n) is 6.53. The van der Waals surface area contributed by atoms with Gasteiger partial charge in [0.1, 0.15) is 17.7 Å². The summed E-state index contributed by atoms with van der Waals surface area (Å²) in [6.45, 7) is 1.35. The van der Waals surface area contributed by atoms with Crippen molar-refractivity contribution in [3.05, 3.63) is 70.3 Å². The number of ether oxygens (including phenoxy) is 1. The van der Waals surface area contributed by atoms with E-state index >= 15 is 0 Å². The zero-order valence-electron chi connectivity index (χ0n) is 15.2. The van der Waals surface area contributed by atoms with Crippen LogP contribution in [0.1, 0.15) is 10.4 Å². The number of benzene rings is 2. The monoisotopic (exact) mass is 429 g/mol. The molecule has 1 aliphatic rings. The van der Waals surface area contributed by atoms with E-state index in [1.54, 1.807) is 42.6 Å². The molecule has 4 rings (SSSR count). The smallest absolute Gasteiger partial charge is 0.248 e. The first kappa shape index (κ1) is 19.3. The third-order valence-corrected chi connectivity index (χ3v) is 4.93. The van der Waals surface area contributed by atoms with Crippen molar-refractivity contribution in [3.8, 4) is 5.75 Å². The van der Waals surface area contributed by atoms with E-state index in [2.05, 4.69) is 20.2 Å². The molecule has 2 heterocycles.